The fourth-order valence-electron chi connectivity index (χ4n) is 7.80. The Bertz CT molecular complexity index is 805. The molecule has 4 rings (SSSR count). The predicted molar refractivity (Wildman–Crippen MR) is 105 cm³/mol. The molecule has 0 heterocycles. The number of ketones is 3. The molecule has 0 bridgehead atoms. The highest BCUT2D eigenvalue weighted by molar-refractivity contribution is 5.96. The number of rotatable bonds is 4. The van der Waals surface area contributed by atoms with Gasteiger partial charge in [0.05, 0.1) is 6.42 Å². The minimum Gasteiger partial charge on any atom is -0.481 e. The number of carbonyl (C=O) groups excluding carboxylic acids is 3. The zero-order chi connectivity index (χ0) is 22.1. The first kappa shape index (κ1) is 21.6. The average Bonchev–Trinajstić information content (AvgIpc) is 2.92. The molecule has 4 saturated carbocycles. The SMILES string of the molecule is C[C@]12CCC(=O)CC1CC[C@@H]1[C@@H]2C(=O)C[C@@]2(C)[C@H]1CC[C@]2(O)C(=O)C(O)CC(=O)O. The lowest BCUT2D eigenvalue weighted by atomic mass is 9.44. The zero-order valence-corrected chi connectivity index (χ0v) is 17.7. The Labute approximate surface area is 176 Å². The number of carbonyl (C=O) groups is 4. The van der Waals surface area contributed by atoms with Crippen LogP contribution < -0.4 is 0 Å². The fourth-order valence-corrected chi connectivity index (χ4v) is 7.80. The molecule has 0 aromatic carbocycles. The molecule has 0 aliphatic heterocycles. The van der Waals surface area contributed by atoms with E-state index in [9.17, 15) is 29.4 Å². The number of Topliss-reactive ketones (excluding diaryl/α,β-unsaturated/α-hetero) is 3. The van der Waals surface area contributed by atoms with Crippen molar-refractivity contribution < 1.29 is 34.5 Å². The van der Waals surface area contributed by atoms with Gasteiger partial charge < -0.3 is 15.3 Å². The predicted octanol–water partition coefficient (Wildman–Crippen LogP) is 1.91. The van der Waals surface area contributed by atoms with Crippen LogP contribution in [-0.2, 0) is 19.2 Å². The topological polar surface area (TPSA) is 129 Å². The van der Waals surface area contributed by atoms with Crippen molar-refractivity contribution in [2.24, 2.45) is 34.5 Å². The Kier molecular flexibility index (Phi) is 5.01. The van der Waals surface area contributed by atoms with Crippen LogP contribution in [0.4, 0.5) is 0 Å². The molecule has 0 saturated heterocycles. The van der Waals surface area contributed by atoms with E-state index in [4.69, 9.17) is 5.11 Å². The number of aliphatic carboxylic acids is 1. The molecule has 0 amide bonds. The van der Waals surface area contributed by atoms with Gasteiger partial charge in [-0.05, 0) is 55.3 Å². The Morgan fingerprint density at radius 1 is 1.13 bits per heavy atom. The number of carboxylic acids is 1. The first-order valence-electron chi connectivity index (χ1n) is 11.1. The summed E-state index contributed by atoms with van der Waals surface area (Å²) in [5.74, 6) is -1.80. The zero-order valence-electron chi connectivity index (χ0n) is 17.7. The van der Waals surface area contributed by atoms with Gasteiger partial charge in [-0.3, -0.25) is 19.2 Å². The van der Waals surface area contributed by atoms with Crippen molar-refractivity contribution >= 4 is 23.3 Å². The van der Waals surface area contributed by atoms with E-state index in [1.807, 2.05) is 0 Å². The second-order valence-electron chi connectivity index (χ2n) is 10.7. The van der Waals surface area contributed by atoms with Crippen molar-refractivity contribution in [3.05, 3.63) is 0 Å². The van der Waals surface area contributed by atoms with Crippen LogP contribution in [0.15, 0.2) is 0 Å². The molecule has 4 fully saturated rings. The molecule has 166 valence electrons. The Hall–Kier alpha value is -1.60. The van der Waals surface area contributed by atoms with Gasteiger partial charge in [-0.1, -0.05) is 13.8 Å². The van der Waals surface area contributed by atoms with E-state index in [1.165, 1.54) is 0 Å². The first-order chi connectivity index (χ1) is 13.9. The standard InChI is InChI=1S/C23H32O7/c1-21-7-5-13(24)9-12(21)3-4-14-15-6-8-23(30,20(29)16(25)10-18(27)28)22(15,2)11-17(26)19(14)21/h12,14-16,19,25,30H,3-11H2,1-2H3,(H,27,28)/t12?,14-,15-,16?,19+,21-,22-,23-/m0/s1. The van der Waals surface area contributed by atoms with Crippen LogP contribution in [0, 0.1) is 34.5 Å². The second-order valence-corrected chi connectivity index (χ2v) is 10.7. The minimum atomic E-state index is -1.90. The summed E-state index contributed by atoms with van der Waals surface area (Å²) in [6.45, 7) is 3.91. The normalized spacial score (nSPS) is 46.5. The molecule has 2 unspecified atom stereocenters. The largest absolute Gasteiger partial charge is 0.481 e. The molecule has 4 aliphatic rings. The summed E-state index contributed by atoms with van der Waals surface area (Å²) in [5, 5.41) is 30.5. The number of hydrogen-bond acceptors (Lipinski definition) is 6. The van der Waals surface area contributed by atoms with Gasteiger partial charge in [0, 0.05) is 30.6 Å². The summed E-state index contributed by atoms with van der Waals surface area (Å²) in [7, 11) is 0. The van der Waals surface area contributed by atoms with Crippen molar-refractivity contribution in [1.29, 1.82) is 0 Å². The van der Waals surface area contributed by atoms with E-state index in [2.05, 4.69) is 6.92 Å². The Morgan fingerprint density at radius 3 is 2.50 bits per heavy atom. The average molecular weight is 421 g/mol. The van der Waals surface area contributed by atoms with Crippen molar-refractivity contribution in [1.82, 2.24) is 0 Å². The van der Waals surface area contributed by atoms with Crippen molar-refractivity contribution in [3.63, 3.8) is 0 Å². The maximum Gasteiger partial charge on any atom is 0.306 e. The number of carboxylic acid groups (broad SMARTS) is 1. The third-order valence-electron chi connectivity index (χ3n) is 9.40. The molecule has 0 aromatic rings. The minimum absolute atomic E-state index is 0.0402. The van der Waals surface area contributed by atoms with Gasteiger partial charge in [-0.25, -0.2) is 0 Å². The van der Waals surface area contributed by atoms with Crippen LogP contribution in [0.2, 0.25) is 0 Å². The first-order valence-corrected chi connectivity index (χ1v) is 11.1. The van der Waals surface area contributed by atoms with E-state index >= 15 is 0 Å². The summed E-state index contributed by atoms with van der Waals surface area (Å²) < 4.78 is 0. The lowest BCUT2D eigenvalue weighted by Gasteiger charge is -2.59. The van der Waals surface area contributed by atoms with Gasteiger partial charge >= 0.3 is 5.97 Å². The lowest BCUT2D eigenvalue weighted by Crippen LogP contribution is -2.63. The maximum atomic E-state index is 13.5. The molecule has 3 N–H and O–H groups in total. The van der Waals surface area contributed by atoms with Crippen LogP contribution in [0.1, 0.15) is 71.6 Å². The van der Waals surface area contributed by atoms with Crippen molar-refractivity contribution in [3.8, 4) is 0 Å². The monoisotopic (exact) mass is 420 g/mol. The number of hydrogen-bond donors (Lipinski definition) is 3. The lowest BCUT2D eigenvalue weighted by molar-refractivity contribution is -0.182. The highest BCUT2D eigenvalue weighted by Gasteiger charge is 2.69. The highest BCUT2D eigenvalue weighted by atomic mass is 16.4. The number of aliphatic hydroxyl groups is 2. The molecular weight excluding hydrogens is 388 g/mol. The number of aliphatic hydroxyl groups excluding tert-OH is 1. The van der Waals surface area contributed by atoms with Gasteiger partial charge in [0.25, 0.3) is 0 Å². The van der Waals surface area contributed by atoms with Crippen LogP contribution in [0.5, 0.6) is 0 Å². The van der Waals surface area contributed by atoms with E-state index in [1.54, 1.807) is 6.92 Å². The van der Waals surface area contributed by atoms with Crippen LogP contribution in [0.3, 0.4) is 0 Å². The van der Waals surface area contributed by atoms with Gasteiger partial charge in [-0.15, -0.1) is 0 Å². The molecule has 0 spiro atoms. The van der Waals surface area contributed by atoms with Crippen LogP contribution in [0.25, 0.3) is 0 Å². The van der Waals surface area contributed by atoms with E-state index < -0.39 is 35.3 Å². The molecule has 7 nitrogen and oxygen atoms in total. The summed E-state index contributed by atoms with van der Waals surface area (Å²) in [6.07, 6.45) is 1.66. The molecule has 7 heteroatoms. The van der Waals surface area contributed by atoms with Crippen molar-refractivity contribution in [2.75, 3.05) is 0 Å². The summed E-state index contributed by atoms with van der Waals surface area (Å²) in [4.78, 5) is 49.4. The maximum absolute atomic E-state index is 13.5. The molecule has 8 atom stereocenters. The summed E-state index contributed by atoms with van der Waals surface area (Å²) in [6, 6.07) is 0. The Morgan fingerprint density at radius 2 is 1.83 bits per heavy atom. The number of fused-ring (bicyclic) bond motifs is 5. The van der Waals surface area contributed by atoms with Crippen LogP contribution >= 0.6 is 0 Å². The molecule has 0 aromatic heterocycles. The van der Waals surface area contributed by atoms with Gasteiger partial charge in [0.15, 0.2) is 5.78 Å². The second kappa shape index (κ2) is 6.95. The summed E-state index contributed by atoms with van der Waals surface area (Å²) >= 11 is 0. The van der Waals surface area contributed by atoms with E-state index in [0.29, 0.717) is 25.7 Å². The van der Waals surface area contributed by atoms with E-state index in [0.717, 1.165) is 12.8 Å². The van der Waals surface area contributed by atoms with E-state index in [-0.39, 0.29) is 53.5 Å². The van der Waals surface area contributed by atoms with Gasteiger partial charge in [0.2, 0.25) is 0 Å². The molecule has 30 heavy (non-hydrogen) atoms. The molecular formula is C23H32O7. The van der Waals surface area contributed by atoms with Crippen molar-refractivity contribution in [2.45, 2.75) is 83.3 Å². The quantitative estimate of drug-likeness (QED) is 0.633. The third kappa shape index (κ3) is 2.84. The molecule has 4 aliphatic carbocycles. The summed E-state index contributed by atoms with van der Waals surface area (Å²) in [5.41, 5.74) is -3.12. The Balaban J connectivity index is 1.65. The smallest absolute Gasteiger partial charge is 0.306 e. The highest BCUT2D eigenvalue weighted by Crippen LogP contribution is 2.67. The van der Waals surface area contributed by atoms with Gasteiger partial charge in [0.1, 0.15) is 23.3 Å². The third-order valence-corrected chi connectivity index (χ3v) is 9.40. The fraction of sp³-hybridized carbons (Fsp3) is 0.826. The molecule has 0 radical (unpaired) electrons. The van der Waals surface area contributed by atoms with Crippen LogP contribution in [-0.4, -0.2) is 50.3 Å². The van der Waals surface area contributed by atoms with Gasteiger partial charge in [-0.2, -0.15) is 0 Å².